The van der Waals surface area contributed by atoms with Gasteiger partial charge in [0, 0.05) is 0 Å². The van der Waals surface area contributed by atoms with E-state index in [9.17, 15) is 13.2 Å². The summed E-state index contributed by atoms with van der Waals surface area (Å²) in [5.41, 5.74) is 1.37. The molecule has 0 heterocycles. The SMILES string of the molecule is Cc1ccc(S(=O)(=O)c2ccc(N=C=O)cc2)cc1. The highest BCUT2D eigenvalue weighted by molar-refractivity contribution is 7.91. The molecule has 0 N–H and O–H groups in total. The predicted molar refractivity (Wildman–Crippen MR) is 70.9 cm³/mol. The molecular formula is C14H11NO3S. The molecule has 2 aromatic carbocycles. The maximum Gasteiger partial charge on any atom is 0.240 e. The first-order valence-corrected chi connectivity index (χ1v) is 7.02. The van der Waals surface area contributed by atoms with Gasteiger partial charge in [-0.3, -0.25) is 0 Å². The van der Waals surface area contributed by atoms with Gasteiger partial charge < -0.3 is 0 Å². The van der Waals surface area contributed by atoms with Gasteiger partial charge in [0.1, 0.15) is 0 Å². The Labute approximate surface area is 111 Å². The Morgan fingerprint density at radius 1 is 0.895 bits per heavy atom. The second-order valence-electron chi connectivity index (χ2n) is 4.01. The van der Waals surface area contributed by atoms with Crippen LogP contribution in [0.5, 0.6) is 0 Å². The van der Waals surface area contributed by atoms with E-state index in [2.05, 4.69) is 4.99 Å². The molecule has 2 rings (SSSR count). The van der Waals surface area contributed by atoms with Gasteiger partial charge in [0.25, 0.3) is 0 Å². The van der Waals surface area contributed by atoms with Gasteiger partial charge in [-0.15, -0.1) is 0 Å². The van der Waals surface area contributed by atoms with Gasteiger partial charge in [0.15, 0.2) is 0 Å². The number of isocyanates is 1. The smallest absolute Gasteiger partial charge is 0.219 e. The maximum absolute atomic E-state index is 12.3. The number of sulfone groups is 1. The minimum Gasteiger partial charge on any atom is -0.219 e. The van der Waals surface area contributed by atoms with Crippen LogP contribution in [0.25, 0.3) is 0 Å². The van der Waals surface area contributed by atoms with Gasteiger partial charge in [-0.05, 0) is 43.3 Å². The van der Waals surface area contributed by atoms with Crippen molar-refractivity contribution in [2.75, 3.05) is 0 Å². The molecule has 0 unspecified atom stereocenters. The molecule has 0 aromatic heterocycles. The second kappa shape index (κ2) is 5.18. The average Bonchev–Trinajstić information content (AvgIpc) is 2.40. The van der Waals surface area contributed by atoms with Gasteiger partial charge in [-0.25, -0.2) is 13.2 Å². The highest BCUT2D eigenvalue weighted by atomic mass is 32.2. The highest BCUT2D eigenvalue weighted by Gasteiger charge is 2.16. The van der Waals surface area contributed by atoms with Crippen molar-refractivity contribution in [1.29, 1.82) is 0 Å². The van der Waals surface area contributed by atoms with E-state index in [1.807, 2.05) is 6.92 Å². The normalized spacial score (nSPS) is 10.8. The van der Waals surface area contributed by atoms with E-state index >= 15 is 0 Å². The second-order valence-corrected chi connectivity index (χ2v) is 5.96. The van der Waals surface area contributed by atoms with Crippen LogP contribution in [0.15, 0.2) is 63.3 Å². The monoisotopic (exact) mass is 273 g/mol. The summed E-state index contributed by atoms with van der Waals surface area (Å²) in [4.78, 5) is 13.9. The van der Waals surface area contributed by atoms with E-state index in [1.54, 1.807) is 24.3 Å². The van der Waals surface area contributed by atoms with Gasteiger partial charge in [0.2, 0.25) is 15.9 Å². The van der Waals surface area contributed by atoms with Crippen LogP contribution in [-0.2, 0) is 14.6 Å². The predicted octanol–water partition coefficient (Wildman–Crippen LogP) is 2.80. The van der Waals surface area contributed by atoms with Crippen molar-refractivity contribution in [3.05, 3.63) is 54.1 Å². The number of carbonyl (C=O) groups excluding carboxylic acids is 1. The molecule has 96 valence electrons. The molecule has 0 fully saturated rings. The minimum absolute atomic E-state index is 0.168. The van der Waals surface area contributed by atoms with Gasteiger partial charge in [0.05, 0.1) is 15.5 Å². The molecule has 0 aliphatic heterocycles. The number of nitrogens with zero attached hydrogens (tertiary/aromatic N) is 1. The lowest BCUT2D eigenvalue weighted by atomic mass is 10.2. The quantitative estimate of drug-likeness (QED) is 0.638. The maximum atomic E-state index is 12.3. The van der Waals surface area contributed by atoms with Crippen molar-refractivity contribution < 1.29 is 13.2 Å². The lowest BCUT2D eigenvalue weighted by Gasteiger charge is -2.05. The van der Waals surface area contributed by atoms with Crippen molar-refractivity contribution in [2.24, 2.45) is 4.99 Å². The Bertz CT molecular complexity index is 725. The van der Waals surface area contributed by atoms with E-state index in [0.717, 1.165) is 5.56 Å². The van der Waals surface area contributed by atoms with Crippen LogP contribution in [0.2, 0.25) is 0 Å². The topological polar surface area (TPSA) is 63.6 Å². The molecule has 19 heavy (non-hydrogen) atoms. The first-order valence-electron chi connectivity index (χ1n) is 5.54. The van der Waals surface area contributed by atoms with Crippen molar-refractivity contribution in [3.8, 4) is 0 Å². The molecule has 0 spiro atoms. The van der Waals surface area contributed by atoms with Crippen LogP contribution < -0.4 is 0 Å². The standard InChI is InChI=1S/C14H11NO3S/c1-11-2-6-13(7-3-11)19(17,18)14-8-4-12(5-9-14)15-10-16/h2-9H,1H3. The fourth-order valence-corrected chi connectivity index (χ4v) is 2.87. The van der Waals surface area contributed by atoms with Crippen LogP contribution in [0.4, 0.5) is 5.69 Å². The summed E-state index contributed by atoms with van der Waals surface area (Å²) in [5.74, 6) is 0. The Balaban J connectivity index is 2.44. The Hall–Kier alpha value is -2.23. The van der Waals surface area contributed by atoms with E-state index in [-0.39, 0.29) is 9.79 Å². The van der Waals surface area contributed by atoms with Crippen LogP contribution in [0.1, 0.15) is 5.56 Å². The molecule has 0 saturated heterocycles. The number of rotatable bonds is 3. The fourth-order valence-electron chi connectivity index (χ4n) is 1.61. The fraction of sp³-hybridized carbons (Fsp3) is 0.0714. The van der Waals surface area contributed by atoms with Gasteiger partial charge in [-0.1, -0.05) is 17.7 Å². The summed E-state index contributed by atoms with van der Waals surface area (Å²) in [6, 6.07) is 12.4. The molecule has 0 aliphatic rings. The first kappa shape index (κ1) is 13.2. The van der Waals surface area contributed by atoms with Crippen LogP contribution in [0.3, 0.4) is 0 Å². The summed E-state index contributed by atoms with van der Waals surface area (Å²) >= 11 is 0. The van der Waals surface area contributed by atoms with Crippen molar-refractivity contribution in [3.63, 3.8) is 0 Å². The van der Waals surface area contributed by atoms with Crippen LogP contribution >= 0.6 is 0 Å². The summed E-state index contributed by atoms with van der Waals surface area (Å²) in [7, 11) is -3.53. The molecule has 0 saturated carbocycles. The lowest BCUT2D eigenvalue weighted by molar-refractivity contribution is 0.565. The van der Waals surface area contributed by atoms with E-state index < -0.39 is 9.84 Å². The van der Waals surface area contributed by atoms with E-state index in [1.165, 1.54) is 30.3 Å². The lowest BCUT2D eigenvalue weighted by Crippen LogP contribution is -2.01. The van der Waals surface area contributed by atoms with E-state index in [0.29, 0.717) is 5.69 Å². The summed E-state index contributed by atoms with van der Waals surface area (Å²) in [5, 5.41) is 0. The van der Waals surface area contributed by atoms with Gasteiger partial charge >= 0.3 is 0 Å². The molecular weight excluding hydrogens is 262 g/mol. The zero-order valence-electron chi connectivity index (χ0n) is 10.2. The number of aliphatic imine (C=N–C) groups is 1. The molecule has 0 atom stereocenters. The van der Waals surface area contributed by atoms with E-state index in [4.69, 9.17) is 0 Å². The zero-order valence-corrected chi connectivity index (χ0v) is 11.0. The zero-order chi connectivity index (χ0) is 13.9. The Morgan fingerprint density at radius 3 is 1.84 bits per heavy atom. The summed E-state index contributed by atoms with van der Waals surface area (Å²) in [6.07, 6.45) is 1.41. The third-order valence-corrected chi connectivity index (χ3v) is 4.44. The molecule has 0 bridgehead atoms. The van der Waals surface area contributed by atoms with Crippen molar-refractivity contribution >= 4 is 21.6 Å². The average molecular weight is 273 g/mol. The molecule has 5 heteroatoms. The largest absolute Gasteiger partial charge is 0.240 e. The highest BCUT2D eigenvalue weighted by Crippen LogP contribution is 2.23. The molecule has 0 radical (unpaired) electrons. The minimum atomic E-state index is -3.53. The first-order chi connectivity index (χ1) is 9.04. The van der Waals surface area contributed by atoms with Crippen LogP contribution in [0, 0.1) is 6.92 Å². The summed E-state index contributed by atoms with van der Waals surface area (Å²) < 4.78 is 24.6. The van der Waals surface area contributed by atoms with Crippen molar-refractivity contribution in [2.45, 2.75) is 16.7 Å². The number of aryl methyl sites for hydroxylation is 1. The van der Waals surface area contributed by atoms with Gasteiger partial charge in [-0.2, -0.15) is 4.99 Å². The Morgan fingerprint density at radius 2 is 1.37 bits per heavy atom. The molecule has 4 nitrogen and oxygen atoms in total. The third-order valence-electron chi connectivity index (χ3n) is 2.65. The third kappa shape index (κ3) is 2.78. The summed E-state index contributed by atoms with van der Waals surface area (Å²) in [6.45, 7) is 1.89. The van der Waals surface area contributed by atoms with Crippen molar-refractivity contribution in [1.82, 2.24) is 0 Å². The Kier molecular flexibility index (Phi) is 3.60. The molecule has 0 amide bonds. The van der Waals surface area contributed by atoms with Crippen LogP contribution in [-0.4, -0.2) is 14.5 Å². The number of benzene rings is 2. The molecule has 2 aromatic rings. The molecule has 0 aliphatic carbocycles. The number of hydrogen-bond acceptors (Lipinski definition) is 4. The number of hydrogen-bond donors (Lipinski definition) is 0.